The molecule has 2 heterocycles. The van der Waals surface area contributed by atoms with Crippen molar-refractivity contribution in [1.29, 1.82) is 0 Å². The third-order valence-electron chi connectivity index (χ3n) is 6.18. The number of nitrogens with zero attached hydrogens (tertiary/aromatic N) is 3. The number of benzene rings is 3. The summed E-state index contributed by atoms with van der Waals surface area (Å²) in [5, 5.41) is 14.3. The second-order valence-corrected chi connectivity index (χ2v) is 9.86. The normalized spacial score (nSPS) is 15.5. The zero-order valence-corrected chi connectivity index (χ0v) is 20.6. The summed E-state index contributed by atoms with van der Waals surface area (Å²) in [6.45, 7) is 3.47. The molecule has 1 amide bonds. The molecule has 1 aliphatic rings. The molecule has 182 valence electrons. The van der Waals surface area contributed by atoms with E-state index in [0.29, 0.717) is 11.5 Å². The Morgan fingerprint density at radius 2 is 1.81 bits per heavy atom. The van der Waals surface area contributed by atoms with E-state index in [4.69, 9.17) is 5.10 Å². The van der Waals surface area contributed by atoms with Crippen LogP contribution in [0.3, 0.4) is 0 Å². The molecule has 4 aromatic rings. The highest BCUT2D eigenvalue weighted by molar-refractivity contribution is 8.00. The highest BCUT2D eigenvalue weighted by Gasteiger charge is 2.37. The van der Waals surface area contributed by atoms with E-state index < -0.39 is 12.5 Å². The number of aliphatic carboxylic acids is 1. The first-order chi connectivity index (χ1) is 17.3. The summed E-state index contributed by atoms with van der Waals surface area (Å²) in [6.07, 6.45) is 0. The van der Waals surface area contributed by atoms with Crippen molar-refractivity contribution in [2.45, 2.75) is 19.1 Å². The average Bonchev–Trinajstić information content (AvgIpc) is 3.17. The summed E-state index contributed by atoms with van der Waals surface area (Å²) >= 11 is 1.39. The van der Waals surface area contributed by atoms with Crippen LogP contribution >= 0.6 is 11.8 Å². The van der Waals surface area contributed by atoms with Crippen molar-refractivity contribution in [3.8, 4) is 16.9 Å². The van der Waals surface area contributed by atoms with Gasteiger partial charge in [-0.05, 0) is 43.2 Å². The summed E-state index contributed by atoms with van der Waals surface area (Å²) in [5.74, 6) is -1.29. The molecule has 0 saturated heterocycles. The lowest BCUT2D eigenvalue weighted by atomic mass is 9.99. The van der Waals surface area contributed by atoms with Crippen LogP contribution in [-0.4, -0.2) is 39.1 Å². The lowest BCUT2D eigenvalue weighted by molar-refractivity contribution is -0.136. The van der Waals surface area contributed by atoms with E-state index in [-0.39, 0.29) is 22.7 Å². The monoisotopic (exact) mass is 501 g/mol. The molecule has 5 rings (SSSR count). The molecule has 36 heavy (non-hydrogen) atoms. The predicted molar refractivity (Wildman–Crippen MR) is 139 cm³/mol. The Bertz CT molecular complexity index is 1450. The second kappa shape index (κ2) is 9.62. The molecule has 1 N–H and O–H groups in total. The predicted octanol–water partition coefficient (Wildman–Crippen LogP) is 5.55. The first-order valence-corrected chi connectivity index (χ1v) is 12.5. The number of thioether (sulfide) groups is 1. The number of fused-ring (bicyclic) bond motifs is 1. The number of carbonyl (C=O) groups is 2. The first kappa shape index (κ1) is 23.8. The number of hydrogen-bond acceptors (Lipinski definition) is 4. The number of anilines is 1. The number of hydrogen-bond donors (Lipinski definition) is 1. The van der Waals surface area contributed by atoms with Crippen LogP contribution in [0.25, 0.3) is 16.9 Å². The number of amides is 1. The van der Waals surface area contributed by atoms with Crippen LogP contribution < -0.4 is 4.90 Å². The van der Waals surface area contributed by atoms with Gasteiger partial charge in [-0.3, -0.25) is 14.5 Å². The number of aromatic nitrogens is 2. The fourth-order valence-corrected chi connectivity index (χ4v) is 5.77. The van der Waals surface area contributed by atoms with E-state index in [1.807, 2.05) is 62.4 Å². The van der Waals surface area contributed by atoms with Gasteiger partial charge in [0.1, 0.15) is 18.2 Å². The van der Waals surface area contributed by atoms with Crippen molar-refractivity contribution < 1.29 is 19.1 Å². The number of carboxylic acid groups (broad SMARTS) is 1. The van der Waals surface area contributed by atoms with Gasteiger partial charge in [0.25, 0.3) is 0 Å². The SMILES string of the molecule is Cc1ccc(-n2nc(-c3ccccc3)c3c2N(CC(=O)O)C(=O)CSC3c2ccc(F)cc2)c(C)c1. The van der Waals surface area contributed by atoms with Crippen molar-refractivity contribution in [3.63, 3.8) is 0 Å². The minimum absolute atomic E-state index is 0.0745. The van der Waals surface area contributed by atoms with E-state index in [1.54, 1.807) is 16.8 Å². The van der Waals surface area contributed by atoms with Crippen molar-refractivity contribution in [2.24, 2.45) is 0 Å². The number of carbonyl (C=O) groups excluding carboxylic acids is 1. The lowest BCUT2D eigenvalue weighted by Crippen LogP contribution is -2.38. The van der Waals surface area contributed by atoms with Crippen molar-refractivity contribution in [3.05, 3.63) is 101 Å². The van der Waals surface area contributed by atoms with Gasteiger partial charge in [-0.25, -0.2) is 9.07 Å². The first-order valence-electron chi connectivity index (χ1n) is 11.5. The zero-order valence-electron chi connectivity index (χ0n) is 19.8. The highest BCUT2D eigenvalue weighted by Crippen LogP contribution is 2.48. The Hall–Kier alpha value is -3.91. The minimum atomic E-state index is -1.12. The van der Waals surface area contributed by atoms with Crippen LogP contribution in [0.4, 0.5) is 10.2 Å². The fourth-order valence-electron chi connectivity index (χ4n) is 4.58. The Morgan fingerprint density at radius 3 is 2.47 bits per heavy atom. The molecule has 1 aliphatic heterocycles. The molecule has 8 heteroatoms. The molecular weight excluding hydrogens is 477 g/mol. The summed E-state index contributed by atoms with van der Waals surface area (Å²) in [5.41, 5.74) is 5.81. The molecule has 0 radical (unpaired) electrons. The van der Waals surface area contributed by atoms with Crippen LogP contribution in [0.5, 0.6) is 0 Å². The van der Waals surface area contributed by atoms with Gasteiger partial charge in [0.2, 0.25) is 5.91 Å². The van der Waals surface area contributed by atoms with Gasteiger partial charge in [0, 0.05) is 11.1 Å². The third kappa shape index (κ3) is 4.40. The molecule has 1 atom stereocenters. The molecule has 6 nitrogen and oxygen atoms in total. The molecule has 1 unspecified atom stereocenters. The maximum Gasteiger partial charge on any atom is 0.323 e. The molecule has 1 aromatic heterocycles. The van der Waals surface area contributed by atoms with Crippen LogP contribution in [-0.2, 0) is 9.59 Å². The van der Waals surface area contributed by atoms with E-state index in [0.717, 1.165) is 33.5 Å². The van der Waals surface area contributed by atoms with Crippen LogP contribution in [0.2, 0.25) is 0 Å². The smallest absolute Gasteiger partial charge is 0.323 e. The largest absolute Gasteiger partial charge is 0.480 e. The summed E-state index contributed by atoms with van der Waals surface area (Å²) in [6, 6.07) is 21.7. The average molecular weight is 502 g/mol. The second-order valence-electron chi connectivity index (χ2n) is 8.77. The maximum atomic E-state index is 13.8. The molecule has 3 aromatic carbocycles. The number of halogens is 1. The van der Waals surface area contributed by atoms with E-state index in [1.165, 1.54) is 28.8 Å². The Labute approximate surface area is 212 Å². The van der Waals surface area contributed by atoms with Gasteiger partial charge in [-0.2, -0.15) is 5.10 Å². The molecule has 0 fully saturated rings. The van der Waals surface area contributed by atoms with Gasteiger partial charge < -0.3 is 5.11 Å². The van der Waals surface area contributed by atoms with Crippen molar-refractivity contribution in [1.82, 2.24) is 9.78 Å². The number of aryl methyl sites for hydroxylation is 2. The van der Waals surface area contributed by atoms with Gasteiger partial charge >= 0.3 is 5.97 Å². The quantitative estimate of drug-likeness (QED) is 0.388. The van der Waals surface area contributed by atoms with Crippen LogP contribution in [0.1, 0.15) is 27.5 Å². The van der Waals surface area contributed by atoms with Gasteiger partial charge in [0.15, 0.2) is 0 Å². The third-order valence-corrected chi connectivity index (χ3v) is 7.44. The van der Waals surface area contributed by atoms with Gasteiger partial charge in [-0.15, -0.1) is 11.8 Å². The Kier molecular flexibility index (Phi) is 6.36. The summed E-state index contributed by atoms with van der Waals surface area (Å²) < 4.78 is 15.5. The van der Waals surface area contributed by atoms with E-state index in [9.17, 15) is 19.1 Å². The highest BCUT2D eigenvalue weighted by atomic mass is 32.2. The summed E-state index contributed by atoms with van der Waals surface area (Å²) in [4.78, 5) is 26.6. The van der Waals surface area contributed by atoms with Gasteiger partial charge in [0.05, 0.1) is 22.4 Å². The van der Waals surface area contributed by atoms with Crippen molar-refractivity contribution in [2.75, 3.05) is 17.2 Å². The maximum absolute atomic E-state index is 13.8. The molecule has 0 spiro atoms. The molecule has 0 saturated carbocycles. The topological polar surface area (TPSA) is 75.4 Å². The standard InChI is InChI=1S/C28H24FN3O3S/c1-17-8-13-22(18(2)14-17)32-28-25(26(30-32)19-6-4-3-5-7-19)27(20-9-11-21(29)12-10-20)36-16-23(33)31(28)15-24(34)35/h3-14,27H,15-16H2,1-2H3,(H,34,35). The minimum Gasteiger partial charge on any atom is -0.480 e. The van der Waals surface area contributed by atoms with Crippen molar-refractivity contribution >= 4 is 29.5 Å². The molecular formula is C28H24FN3O3S. The van der Waals surface area contributed by atoms with E-state index >= 15 is 0 Å². The molecule has 0 bridgehead atoms. The number of carboxylic acids is 1. The molecule has 0 aliphatic carbocycles. The Morgan fingerprint density at radius 1 is 1.08 bits per heavy atom. The zero-order chi connectivity index (χ0) is 25.4. The lowest BCUT2D eigenvalue weighted by Gasteiger charge is -2.22. The Balaban J connectivity index is 1.86. The van der Waals surface area contributed by atoms with E-state index in [2.05, 4.69) is 0 Å². The number of rotatable bonds is 5. The van der Waals surface area contributed by atoms with Crippen LogP contribution in [0, 0.1) is 19.7 Å². The fraction of sp³-hybridized carbons (Fsp3) is 0.179. The van der Waals surface area contributed by atoms with Gasteiger partial charge in [-0.1, -0.05) is 60.2 Å². The van der Waals surface area contributed by atoms with Crippen LogP contribution in [0.15, 0.2) is 72.8 Å². The summed E-state index contributed by atoms with van der Waals surface area (Å²) in [7, 11) is 0.